The van der Waals surface area contributed by atoms with E-state index < -0.39 is 5.60 Å². The molecule has 0 aliphatic rings. The summed E-state index contributed by atoms with van der Waals surface area (Å²) in [6, 6.07) is 0. The summed E-state index contributed by atoms with van der Waals surface area (Å²) in [4.78, 5) is 0. The highest BCUT2D eigenvalue weighted by Crippen LogP contribution is 2.02. The lowest BCUT2D eigenvalue weighted by atomic mass is 10.1. The molecule has 0 radical (unpaired) electrons. The van der Waals surface area contributed by atoms with Crippen LogP contribution in [0.15, 0.2) is 0 Å². The fourth-order valence-corrected chi connectivity index (χ4v) is 0.697. The highest BCUT2D eigenvalue weighted by molar-refractivity contribution is 4.78. The molecule has 0 unspecified atom stereocenters. The van der Waals surface area contributed by atoms with Gasteiger partial charge in [0.15, 0.2) is 0 Å². The van der Waals surface area contributed by atoms with Crippen LogP contribution in [0.5, 0.6) is 0 Å². The van der Waals surface area contributed by atoms with Crippen LogP contribution in [0, 0.1) is 0 Å². The minimum absolute atomic E-state index is 0.147. The average molecular weight is 149 g/mol. The van der Waals surface area contributed by atoms with Crippen molar-refractivity contribution in [2.24, 2.45) is 5.73 Å². The Morgan fingerprint density at radius 2 is 1.70 bits per heavy atom. The average Bonchev–Trinajstić information content (AvgIpc) is 1.89. The Morgan fingerprint density at radius 1 is 1.30 bits per heavy atom. The zero-order chi connectivity index (χ0) is 8.04. The van der Waals surface area contributed by atoms with Crippen molar-refractivity contribution < 1.29 is 14.6 Å². The summed E-state index contributed by atoms with van der Waals surface area (Å²) in [5, 5.41) is 9.44. The minimum Gasteiger partial charge on any atom is -0.384 e. The van der Waals surface area contributed by atoms with Crippen molar-refractivity contribution in [3.8, 4) is 0 Å². The zero-order valence-electron chi connectivity index (χ0n) is 6.46. The number of rotatable bonds is 5. The number of ether oxygens (including phenoxy) is 2. The molecule has 4 nitrogen and oxygen atoms in total. The predicted octanol–water partition coefficient (Wildman–Crippen LogP) is -1.03. The summed E-state index contributed by atoms with van der Waals surface area (Å²) in [6.45, 7) is 0.559. The summed E-state index contributed by atoms with van der Waals surface area (Å²) in [5.41, 5.74) is 4.24. The topological polar surface area (TPSA) is 64.7 Å². The van der Waals surface area contributed by atoms with E-state index in [0.29, 0.717) is 0 Å². The van der Waals surface area contributed by atoms with Gasteiger partial charge >= 0.3 is 0 Å². The molecule has 0 aliphatic carbocycles. The molecule has 0 aromatic rings. The molecular weight excluding hydrogens is 134 g/mol. The molecule has 62 valence electrons. The first-order chi connectivity index (χ1) is 4.68. The second-order valence-corrected chi connectivity index (χ2v) is 2.29. The van der Waals surface area contributed by atoms with Crippen molar-refractivity contribution in [2.45, 2.75) is 5.60 Å². The molecule has 0 fully saturated rings. The molecule has 0 atom stereocenters. The summed E-state index contributed by atoms with van der Waals surface area (Å²) < 4.78 is 9.48. The number of hydrogen-bond acceptors (Lipinski definition) is 4. The Kier molecular flexibility index (Phi) is 4.55. The van der Waals surface area contributed by atoms with Crippen molar-refractivity contribution >= 4 is 0 Å². The molecule has 0 amide bonds. The summed E-state index contributed by atoms with van der Waals surface area (Å²) in [7, 11) is 3.02. The van der Waals surface area contributed by atoms with Gasteiger partial charge in [0.2, 0.25) is 0 Å². The van der Waals surface area contributed by atoms with E-state index in [1.54, 1.807) is 0 Å². The van der Waals surface area contributed by atoms with Crippen LogP contribution in [0.3, 0.4) is 0 Å². The molecule has 0 aromatic carbocycles. The highest BCUT2D eigenvalue weighted by Gasteiger charge is 2.24. The maximum Gasteiger partial charge on any atom is 0.123 e. The van der Waals surface area contributed by atoms with Crippen LogP contribution in [0.25, 0.3) is 0 Å². The number of methoxy groups -OCH3 is 2. The van der Waals surface area contributed by atoms with Crippen LogP contribution in [0.2, 0.25) is 0 Å². The van der Waals surface area contributed by atoms with Gasteiger partial charge in [-0.05, 0) is 0 Å². The maximum absolute atomic E-state index is 9.44. The third-order valence-electron chi connectivity index (χ3n) is 1.21. The van der Waals surface area contributed by atoms with Gasteiger partial charge in [0, 0.05) is 20.8 Å². The quantitative estimate of drug-likeness (QED) is 0.524. The smallest absolute Gasteiger partial charge is 0.123 e. The minimum atomic E-state index is -1.02. The van der Waals surface area contributed by atoms with E-state index in [-0.39, 0.29) is 19.8 Å². The van der Waals surface area contributed by atoms with Crippen LogP contribution in [0.1, 0.15) is 0 Å². The highest BCUT2D eigenvalue weighted by atomic mass is 16.5. The molecule has 0 aliphatic heterocycles. The van der Waals surface area contributed by atoms with E-state index in [1.807, 2.05) is 0 Å². The number of hydrogen-bond donors (Lipinski definition) is 2. The number of aliphatic hydroxyl groups is 1. The van der Waals surface area contributed by atoms with Gasteiger partial charge in [0.1, 0.15) is 5.60 Å². The van der Waals surface area contributed by atoms with Crippen molar-refractivity contribution in [3.63, 3.8) is 0 Å². The van der Waals surface area contributed by atoms with Gasteiger partial charge in [0.05, 0.1) is 13.2 Å². The van der Waals surface area contributed by atoms with Crippen LogP contribution in [-0.4, -0.2) is 44.7 Å². The van der Waals surface area contributed by atoms with E-state index in [1.165, 1.54) is 14.2 Å². The van der Waals surface area contributed by atoms with Gasteiger partial charge in [0.25, 0.3) is 0 Å². The normalized spacial score (nSPS) is 12.0. The first-order valence-electron chi connectivity index (χ1n) is 3.09. The predicted molar refractivity (Wildman–Crippen MR) is 37.8 cm³/mol. The van der Waals surface area contributed by atoms with Crippen LogP contribution >= 0.6 is 0 Å². The standard InChI is InChI=1S/C6H15NO3/c1-9-4-6(8,3-7)5-10-2/h8H,3-5,7H2,1-2H3. The van der Waals surface area contributed by atoms with E-state index in [4.69, 9.17) is 15.2 Å². The molecular formula is C6H15NO3. The molecule has 0 rings (SSSR count). The maximum atomic E-state index is 9.44. The Bertz CT molecular complexity index is 81.1. The number of nitrogens with two attached hydrogens (primary N) is 1. The molecule has 0 bridgehead atoms. The van der Waals surface area contributed by atoms with Crippen LogP contribution < -0.4 is 5.73 Å². The fourth-order valence-electron chi connectivity index (χ4n) is 0.697. The van der Waals surface area contributed by atoms with E-state index in [2.05, 4.69) is 0 Å². The molecule has 10 heavy (non-hydrogen) atoms. The zero-order valence-corrected chi connectivity index (χ0v) is 6.46. The van der Waals surface area contributed by atoms with Crippen molar-refractivity contribution in [1.29, 1.82) is 0 Å². The Labute approximate surface area is 60.9 Å². The molecule has 0 spiro atoms. The van der Waals surface area contributed by atoms with Crippen molar-refractivity contribution in [3.05, 3.63) is 0 Å². The van der Waals surface area contributed by atoms with Gasteiger partial charge in [-0.25, -0.2) is 0 Å². The van der Waals surface area contributed by atoms with Crippen molar-refractivity contribution in [1.82, 2.24) is 0 Å². The third kappa shape index (κ3) is 3.12. The first-order valence-corrected chi connectivity index (χ1v) is 3.09. The largest absolute Gasteiger partial charge is 0.384 e. The molecule has 0 aromatic heterocycles. The van der Waals surface area contributed by atoms with Gasteiger partial charge < -0.3 is 20.3 Å². The van der Waals surface area contributed by atoms with Crippen LogP contribution in [-0.2, 0) is 9.47 Å². The van der Waals surface area contributed by atoms with E-state index >= 15 is 0 Å². The summed E-state index contributed by atoms with van der Waals surface area (Å²) >= 11 is 0. The SMILES string of the molecule is COCC(O)(CN)COC. The Morgan fingerprint density at radius 3 is 1.90 bits per heavy atom. The monoisotopic (exact) mass is 149 g/mol. The lowest BCUT2D eigenvalue weighted by Gasteiger charge is -2.23. The molecule has 4 heteroatoms. The molecule has 0 saturated heterocycles. The second-order valence-electron chi connectivity index (χ2n) is 2.29. The molecule has 3 N–H and O–H groups in total. The van der Waals surface area contributed by atoms with Gasteiger partial charge in [-0.1, -0.05) is 0 Å². The molecule has 0 heterocycles. The Balaban J connectivity index is 3.69. The lowest BCUT2D eigenvalue weighted by Crippen LogP contribution is -2.46. The Hall–Kier alpha value is -0.160. The van der Waals surface area contributed by atoms with E-state index in [9.17, 15) is 5.11 Å². The third-order valence-corrected chi connectivity index (χ3v) is 1.21. The van der Waals surface area contributed by atoms with E-state index in [0.717, 1.165) is 0 Å². The first kappa shape index (κ1) is 9.84. The van der Waals surface area contributed by atoms with Gasteiger partial charge in [-0.3, -0.25) is 0 Å². The summed E-state index contributed by atoms with van der Waals surface area (Å²) in [5.74, 6) is 0. The summed E-state index contributed by atoms with van der Waals surface area (Å²) in [6.07, 6.45) is 0. The van der Waals surface area contributed by atoms with Gasteiger partial charge in [-0.2, -0.15) is 0 Å². The fraction of sp³-hybridized carbons (Fsp3) is 1.00. The van der Waals surface area contributed by atoms with Crippen LogP contribution in [0.4, 0.5) is 0 Å². The molecule has 0 saturated carbocycles. The van der Waals surface area contributed by atoms with Gasteiger partial charge in [-0.15, -0.1) is 0 Å². The second kappa shape index (κ2) is 4.62. The lowest BCUT2D eigenvalue weighted by molar-refractivity contribution is -0.0704. The van der Waals surface area contributed by atoms with Crippen molar-refractivity contribution in [2.75, 3.05) is 34.0 Å².